The van der Waals surface area contributed by atoms with E-state index in [0.717, 1.165) is 12.8 Å². The van der Waals surface area contributed by atoms with E-state index in [0.29, 0.717) is 11.9 Å². The first-order valence-corrected chi connectivity index (χ1v) is 3.48. The maximum Gasteiger partial charge on any atom is 0.167 e. The van der Waals surface area contributed by atoms with Crippen molar-refractivity contribution in [3.8, 4) is 0 Å². The lowest BCUT2D eigenvalue weighted by atomic mass is 9.90. The fraction of sp³-hybridized carbons (Fsp3) is 0.857. The van der Waals surface area contributed by atoms with Gasteiger partial charge in [-0.3, -0.25) is 4.79 Å². The van der Waals surface area contributed by atoms with Crippen LogP contribution in [0.4, 0.5) is 0 Å². The van der Waals surface area contributed by atoms with Gasteiger partial charge in [0, 0.05) is 5.92 Å². The van der Waals surface area contributed by atoms with E-state index in [1.807, 2.05) is 6.92 Å². The number of carbonyl (C=O) groups is 1. The third-order valence-corrected chi connectivity index (χ3v) is 2.23. The Balaban J connectivity index is 2.10. The molecule has 9 heavy (non-hydrogen) atoms. The standard InChI is InChI=1S/C7H10O2/c1-4-2-3-5-7(9-5)6(4)8/h4-5,7H,2-3H2,1H3/t4-,5+,7+/m0/s1. The van der Waals surface area contributed by atoms with Gasteiger partial charge in [0.1, 0.15) is 6.10 Å². The van der Waals surface area contributed by atoms with Crippen LogP contribution in [0.2, 0.25) is 0 Å². The first-order valence-electron chi connectivity index (χ1n) is 3.48. The van der Waals surface area contributed by atoms with Crippen molar-refractivity contribution >= 4 is 5.78 Å². The lowest BCUT2D eigenvalue weighted by Crippen LogP contribution is -2.23. The second-order valence-electron chi connectivity index (χ2n) is 2.98. The summed E-state index contributed by atoms with van der Waals surface area (Å²) in [5.41, 5.74) is 0. The molecule has 0 radical (unpaired) electrons. The topological polar surface area (TPSA) is 29.6 Å². The minimum atomic E-state index is 0.00810. The zero-order valence-electron chi connectivity index (χ0n) is 5.46. The number of Topliss-reactive ketones (excluding diaryl/α,β-unsaturated/α-hetero) is 1. The summed E-state index contributed by atoms with van der Waals surface area (Å²) in [4.78, 5) is 11.0. The molecule has 3 atom stereocenters. The molecule has 2 aliphatic rings. The third-order valence-electron chi connectivity index (χ3n) is 2.23. The second-order valence-corrected chi connectivity index (χ2v) is 2.98. The first kappa shape index (κ1) is 5.42. The van der Waals surface area contributed by atoms with Crippen molar-refractivity contribution in [2.24, 2.45) is 5.92 Å². The molecule has 0 bridgehead atoms. The Morgan fingerprint density at radius 3 is 3.00 bits per heavy atom. The summed E-state index contributed by atoms with van der Waals surface area (Å²) in [6.45, 7) is 1.99. The lowest BCUT2D eigenvalue weighted by Gasteiger charge is -2.10. The van der Waals surface area contributed by atoms with E-state index in [-0.39, 0.29) is 12.0 Å². The minimum Gasteiger partial charge on any atom is -0.361 e. The minimum absolute atomic E-state index is 0.00810. The summed E-state index contributed by atoms with van der Waals surface area (Å²) in [6.07, 6.45) is 2.44. The zero-order chi connectivity index (χ0) is 6.43. The smallest absolute Gasteiger partial charge is 0.167 e. The molecule has 0 aromatic heterocycles. The highest BCUT2D eigenvalue weighted by molar-refractivity contribution is 5.88. The highest BCUT2D eigenvalue weighted by Gasteiger charge is 2.49. The van der Waals surface area contributed by atoms with Crippen molar-refractivity contribution in [1.82, 2.24) is 0 Å². The molecule has 1 heterocycles. The van der Waals surface area contributed by atoms with Crippen molar-refractivity contribution in [3.63, 3.8) is 0 Å². The molecule has 2 fully saturated rings. The van der Waals surface area contributed by atoms with Crippen LogP contribution in [-0.4, -0.2) is 18.0 Å². The summed E-state index contributed by atoms with van der Waals surface area (Å²) in [6, 6.07) is 0. The maximum atomic E-state index is 11.0. The van der Waals surface area contributed by atoms with Gasteiger partial charge in [-0.1, -0.05) is 6.92 Å². The molecule has 50 valence electrons. The first-order chi connectivity index (χ1) is 4.29. The molecule has 0 spiro atoms. The molecule has 0 aromatic rings. The number of epoxide rings is 1. The summed E-state index contributed by atoms with van der Waals surface area (Å²) in [7, 11) is 0. The van der Waals surface area contributed by atoms with Crippen LogP contribution in [0.5, 0.6) is 0 Å². The summed E-state index contributed by atoms with van der Waals surface area (Å²) in [5.74, 6) is 0.583. The van der Waals surface area contributed by atoms with E-state index in [1.165, 1.54) is 0 Å². The normalized spacial score (nSPS) is 48.6. The molecule has 1 aliphatic carbocycles. The van der Waals surface area contributed by atoms with E-state index >= 15 is 0 Å². The van der Waals surface area contributed by atoms with E-state index < -0.39 is 0 Å². The van der Waals surface area contributed by atoms with Gasteiger partial charge in [-0.05, 0) is 12.8 Å². The third kappa shape index (κ3) is 0.697. The second kappa shape index (κ2) is 1.57. The fourth-order valence-corrected chi connectivity index (χ4v) is 1.45. The van der Waals surface area contributed by atoms with Gasteiger partial charge < -0.3 is 4.74 Å². The van der Waals surface area contributed by atoms with Gasteiger partial charge in [-0.15, -0.1) is 0 Å². The number of fused-ring (bicyclic) bond motifs is 1. The van der Waals surface area contributed by atoms with Crippen LogP contribution in [0.15, 0.2) is 0 Å². The van der Waals surface area contributed by atoms with Crippen molar-refractivity contribution in [1.29, 1.82) is 0 Å². The molecule has 0 aromatic carbocycles. The van der Waals surface area contributed by atoms with Gasteiger partial charge in [-0.25, -0.2) is 0 Å². The molecule has 1 saturated heterocycles. The molecule has 0 unspecified atom stereocenters. The summed E-state index contributed by atoms with van der Waals surface area (Å²) >= 11 is 0. The Labute approximate surface area is 54.2 Å². The number of ether oxygens (including phenoxy) is 1. The Morgan fingerprint density at radius 2 is 2.33 bits per heavy atom. The average Bonchev–Trinajstić information content (AvgIpc) is 2.58. The quantitative estimate of drug-likeness (QED) is 0.448. The van der Waals surface area contributed by atoms with Crippen LogP contribution in [0.1, 0.15) is 19.8 Å². The van der Waals surface area contributed by atoms with Crippen LogP contribution >= 0.6 is 0 Å². The molecule has 2 nitrogen and oxygen atoms in total. The van der Waals surface area contributed by atoms with Crippen molar-refractivity contribution in [3.05, 3.63) is 0 Å². The number of hydrogen-bond donors (Lipinski definition) is 0. The predicted octanol–water partition coefficient (Wildman–Crippen LogP) is 0.753. The highest BCUT2D eigenvalue weighted by atomic mass is 16.6. The van der Waals surface area contributed by atoms with Crippen LogP contribution in [-0.2, 0) is 9.53 Å². The van der Waals surface area contributed by atoms with Crippen LogP contribution in [0.3, 0.4) is 0 Å². The zero-order valence-corrected chi connectivity index (χ0v) is 5.46. The fourth-order valence-electron chi connectivity index (χ4n) is 1.45. The number of ketones is 1. The maximum absolute atomic E-state index is 11.0. The van der Waals surface area contributed by atoms with E-state index in [4.69, 9.17) is 4.74 Å². The lowest BCUT2D eigenvalue weighted by molar-refractivity contribution is -0.124. The van der Waals surface area contributed by atoms with Gasteiger partial charge in [0.2, 0.25) is 0 Å². The molecular weight excluding hydrogens is 116 g/mol. The largest absolute Gasteiger partial charge is 0.361 e. The number of rotatable bonds is 0. The monoisotopic (exact) mass is 126 g/mol. The SMILES string of the molecule is C[C@H]1CC[C@H]2O[C@H]2C1=O. The van der Waals surface area contributed by atoms with Gasteiger partial charge >= 0.3 is 0 Å². The predicted molar refractivity (Wildman–Crippen MR) is 32.1 cm³/mol. The highest BCUT2D eigenvalue weighted by Crippen LogP contribution is 2.36. The van der Waals surface area contributed by atoms with Crippen LogP contribution < -0.4 is 0 Å². The average molecular weight is 126 g/mol. The number of carbonyl (C=O) groups excluding carboxylic acids is 1. The van der Waals surface area contributed by atoms with Crippen molar-refractivity contribution in [2.45, 2.75) is 32.0 Å². The van der Waals surface area contributed by atoms with E-state index in [1.54, 1.807) is 0 Å². The Bertz CT molecular complexity index is 149. The summed E-state index contributed by atoms with van der Waals surface area (Å²) < 4.78 is 5.11. The Kier molecular flexibility index (Phi) is 0.943. The molecule has 1 aliphatic heterocycles. The molecule has 1 saturated carbocycles. The molecule has 0 amide bonds. The molecule has 0 N–H and O–H groups in total. The van der Waals surface area contributed by atoms with Gasteiger partial charge in [-0.2, -0.15) is 0 Å². The Hall–Kier alpha value is -0.370. The molecule has 2 heteroatoms. The molecule has 2 rings (SSSR count). The van der Waals surface area contributed by atoms with Crippen molar-refractivity contribution < 1.29 is 9.53 Å². The molecular formula is C7H10O2. The van der Waals surface area contributed by atoms with Gasteiger partial charge in [0.05, 0.1) is 6.10 Å². The van der Waals surface area contributed by atoms with Gasteiger partial charge in [0.15, 0.2) is 5.78 Å². The van der Waals surface area contributed by atoms with Crippen LogP contribution in [0, 0.1) is 5.92 Å². The van der Waals surface area contributed by atoms with Crippen molar-refractivity contribution in [2.75, 3.05) is 0 Å². The van der Waals surface area contributed by atoms with E-state index in [2.05, 4.69) is 0 Å². The number of hydrogen-bond acceptors (Lipinski definition) is 2. The van der Waals surface area contributed by atoms with E-state index in [9.17, 15) is 4.79 Å². The Morgan fingerprint density at radius 1 is 1.56 bits per heavy atom. The van der Waals surface area contributed by atoms with Gasteiger partial charge in [0.25, 0.3) is 0 Å². The summed E-state index contributed by atoms with van der Waals surface area (Å²) in [5, 5.41) is 0. The van der Waals surface area contributed by atoms with Crippen LogP contribution in [0.25, 0.3) is 0 Å².